The van der Waals surface area contributed by atoms with Crippen LogP contribution in [0.4, 0.5) is 52.8 Å². The van der Waals surface area contributed by atoms with E-state index in [0.29, 0.717) is 144 Å². The fraction of sp³-hybridized carbons (Fsp3) is 0.348. The molecular formula is C46H46Cl2F2N10O8. The Labute approximate surface area is 399 Å². The molecule has 12 rings (SSSR count). The molecule has 0 bridgehead atoms. The molecule has 0 radical (unpaired) electrons. The van der Waals surface area contributed by atoms with Crippen molar-refractivity contribution in [2.75, 3.05) is 85.5 Å². The number of carbonyl (C=O) groups is 2. The van der Waals surface area contributed by atoms with Gasteiger partial charge in [-0.2, -0.15) is 0 Å². The quantitative estimate of drug-likeness (QED) is 0.0886. The van der Waals surface area contributed by atoms with Crippen molar-refractivity contribution in [2.45, 2.75) is 26.1 Å². The smallest absolute Gasteiger partial charge is 0.413 e. The molecule has 6 atom stereocenters. The van der Waals surface area contributed by atoms with Crippen LogP contribution in [-0.2, 0) is 18.9 Å². The number of carbonyl (C=O) groups excluding carboxylic acids is 2. The fourth-order valence-corrected chi connectivity index (χ4v) is 9.35. The number of anilines is 6. The number of hydrogen-bond acceptors (Lipinski definition) is 16. The summed E-state index contributed by atoms with van der Waals surface area (Å²) in [5.41, 5.74) is 17.1. The van der Waals surface area contributed by atoms with Crippen LogP contribution in [-0.4, -0.2) is 97.1 Å². The molecule has 2 unspecified atom stereocenters. The van der Waals surface area contributed by atoms with Crippen molar-refractivity contribution >= 4 is 92.9 Å². The van der Waals surface area contributed by atoms with Gasteiger partial charge in [-0.05, 0) is 60.0 Å². The van der Waals surface area contributed by atoms with Crippen molar-refractivity contribution in [1.29, 1.82) is 0 Å². The number of nitrogen functional groups attached to an aromatic ring is 2. The minimum absolute atomic E-state index is 0. The number of halogens is 4. The predicted octanol–water partition coefficient (Wildman–Crippen LogP) is 7.49. The Kier molecular flexibility index (Phi) is 12.5. The SMILES string of the molecule is Cc1c(-c2cc3cc(NC(=O)OC4[C@H]5COC[C@@H]45)ncc3c(N)c2F)cnc2c1NCCO2.Cc1c(-c2cc3cc(NC(=O)OC4[C@H]5COC[C@@H]45)ncc3c(N)c2F)cnc2c1NCCO2.Cl.Cl. The molecule has 4 aliphatic heterocycles. The maximum Gasteiger partial charge on any atom is 0.413 e. The largest absolute Gasteiger partial charge is 0.474 e. The maximum atomic E-state index is 15.3. The number of benzene rings is 2. The zero-order chi connectivity index (χ0) is 45.4. The van der Waals surface area contributed by atoms with Gasteiger partial charge in [-0.3, -0.25) is 10.6 Å². The van der Waals surface area contributed by atoms with E-state index in [1.165, 1.54) is 12.4 Å². The molecule has 2 amide bonds. The third-order valence-electron chi connectivity index (χ3n) is 13.2. The van der Waals surface area contributed by atoms with Crippen LogP contribution in [0.25, 0.3) is 43.8 Å². The molecular weight excluding hydrogens is 929 g/mol. The van der Waals surface area contributed by atoms with Gasteiger partial charge in [-0.15, -0.1) is 24.8 Å². The molecule has 6 aromatic rings. The minimum atomic E-state index is -0.572. The van der Waals surface area contributed by atoms with Gasteiger partial charge in [0.15, 0.2) is 11.6 Å². The summed E-state index contributed by atoms with van der Waals surface area (Å²) in [6.45, 7) is 8.61. The highest BCUT2D eigenvalue weighted by Crippen LogP contribution is 2.48. The highest BCUT2D eigenvalue weighted by Gasteiger charge is 2.58. The van der Waals surface area contributed by atoms with Crippen molar-refractivity contribution < 1.29 is 46.8 Å². The van der Waals surface area contributed by atoms with Gasteiger partial charge in [-0.1, -0.05) is 0 Å². The van der Waals surface area contributed by atoms with E-state index in [-0.39, 0.29) is 48.4 Å². The van der Waals surface area contributed by atoms with Gasteiger partial charge >= 0.3 is 12.2 Å². The Morgan fingerprint density at radius 3 is 1.41 bits per heavy atom. The fourth-order valence-electron chi connectivity index (χ4n) is 9.35. The van der Waals surface area contributed by atoms with Crippen LogP contribution in [0.15, 0.2) is 49.1 Å². The molecule has 4 fully saturated rings. The van der Waals surface area contributed by atoms with Crippen LogP contribution in [0, 0.1) is 49.2 Å². The molecule has 2 saturated heterocycles. The third-order valence-corrected chi connectivity index (χ3v) is 13.2. The normalized spacial score (nSPS) is 22.0. The molecule has 8 heterocycles. The van der Waals surface area contributed by atoms with Gasteiger partial charge in [-0.25, -0.2) is 38.3 Å². The topological polar surface area (TPSA) is 241 Å². The first-order chi connectivity index (χ1) is 32.0. The number of amides is 2. The van der Waals surface area contributed by atoms with E-state index in [0.717, 1.165) is 22.5 Å². The Morgan fingerprint density at radius 2 is 1.01 bits per heavy atom. The molecule has 22 heteroatoms. The van der Waals surface area contributed by atoms with Crippen LogP contribution < -0.4 is 42.2 Å². The second kappa shape index (κ2) is 18.4. The predicted molar refractivity (Wildman–Crippen MR) is 254 cm³/mol. The lowest BCUT2D eigenvalue weighted by molar-refractivity contribution is 0.0894. The van der Waals surface area contributed by atoms with Gasteiger partial charge < -0.3 is 50.5 Å². The summed E-state index contributed by atoms with van der Waals surface area (Å²) in [6, 6.07) is 6.66. The summed E-state index contributed by atoms with van der Waals surface area (Å²) in [5, 5.41) is 14.0. The summed E-state index contributed by atoms with van der Waals surface area (Å²) < 4.78 is 63.2. The average molecular weight is 976 g/mol. The second-order valence-electron chi connectivity index (χ2n) is 17.1. The number of fused-ring (bicyclic) bond motifs is 6. The second-order valence-corrected chi connectivity index (χ2v) is 17.1. The number of nitrogens with one attached hydrogen (secondary N) is 4. The minimum Gasteiger partial charge on any atom is -0.474 e. The Balaban J connectivity index is 0.000000165. The highest BCUT2D eigenvalue weighted by atomic mass is 35.5. The average Bonchev–Trinajstić information content (AvgIpc) is 3.89. The van der Waals surface area contributed by atoms with E-state index in [1.54, 1.807) is 36.7 Å². The number of nitrogens with two attached hydrogens (primary N) is 2. The van der Waals surface area contributed by atoms with E-state index < -0.39 is 23.8 Å². The number of hydrogen-bond donors (Lipinski definition) is 6. The van der Waals surface area contributed by atoms with Crippen LogP contribution in [0.1, 0.15) is 11.1 Å². The Morgan fingerprint density at radius 1 is 0.618 bits per heavy atom. The number of aromatic nitrogens is 4. The number of rotatable bonds is 6. The zero-order valence-electron chi connectivity index (χ0n) is 36.5. The summed E-state index contributed by atoms with van der Waals surface area (Å²) >= 11 is 0. The lowest BCUT2D eigenvalue weighted by atomic mass is 9.97. The van der Waals surface area contributed by atoms with Crippen molar-refractivity contribution in [3.8, 4) is 34.0 Å². The third kappa shape index (κ3) is 8.34. The monoisotopic (exact) mass is 974 g/mol. The summed E-state index contributed by atoms with van der Waals surface area (Å²) in [4.78, 5) is 41.7. The van der Waals surface area contributed by atoms with E-state index in [2.05, 4.69) is 41.2 Å². The molecule has 68 heavy (non-hydrogen) atoms. The number of pyridine rings is 4. The van der Waals surface area contributed by atoms with Crippen LogP contribution in [0.2, 0.25) is 0 Å². The molecule has 4 aromatic heterocycles. The molecule has 0 spiro atoms. The number of nitrogens with zero attached hydrogens (tertiary/aromatic N) is 4. The van der Waals surface area contributed by atoms with E-state index >= 15 is 8.78 Å². The van der Waals surface area contributed by atoms with Crippen molar-refractivity contribution in [2.24, 2.45) is 23.7 Å². The first kappa shape index (κ1) is 46.4. The van der Waals surface area contributed by atoms with Crippen LogP contribution in [0.5, 0.6) is 11.8 Å². The molecule has 8 N–H and O–H groups in total. The summed E-state index contributed by atoms with van der Waals surface area (Å²) in [5.74, 6) is 1.65. The first-order valence-corrected chi connectivity index (χ1v) is 21.6. The Hall–Kier alpha value is -6.74. The lowest BCUT2D eigenvalue weighted by Crippen LogP contribution is -2.20. The Bertz CT molecular complexity index is 2790. The van der Waals surface area contributed by atoms with E-state index in [9.17, 15) is 9.59 Å². The molecule has 2 aliphatic carbocycles. The standard InChI is InChI=1S/2C23H22FN5O4.2ClH/c2*1-10-13(6-28-22-20(10)26-2-3-32-22)12-4-11-5-17(27-7-14(11)19(25)18(12)24)29-23(30)33-21-15-8-31-9-16(15)21;;/h2*4-7,15-16,21,26H,2-3,8-9,25H2,1H3,(H,27,29,30);2*1H/t2*15-,16+,21?;;. The molecule has 18 nitrogen and oxygen atoms in total. The van der Waals surface area contributed by atoms with Gasteiger partial charge in [0.2, 0.25) is 11.8 Å². The van der Waals surface area contributed by atoms with Crippen LogP contribution >= 0.6 is 24.8 Å². The van der Waals surface area contributed by atoms with E-state index in [1.807, 2.05) is 13.8 Å². The van der Waals surface area contributed by atoms with E-state index in [4.69, 9.17) is 39.9 Å². The molecule has 6 aliphatic rings. The highest BCUT2D eigenvalue weighted by molar-refractivity contribution is 6.01. The van der Waals surface area contributed by atoms with Gasteiger partial charge in [0.25, 0.3) is 0 Å². The summed E-state index contributed by atoms with van der Waals surface area (Å²) in [6.07, 6.45) is 4.70. The van der Waals surface area contributed by atoms with Crippen molar-refractivity contribution in [3.05, 3.63) is 71.8 Å². The van der Waals surface area contributed by atoms with Crippen molar-refractivity contribution in [3.63, 3.8) is 0 Å². The number of ether oxygens (including phenoxy) is 6. The maximum absolute atomic E-state index is 15.3. The van der Waals surface area contributed by atoms with Gasteiger partial charge in [0.1, 0.15) is 48.4 Å². The summed E-state index contributed by atoms with van der Waals surface area (Å²) in [7, 11) is 0. The molecule has 2 saturated carbocycles. The lowest BCUT2D eigenvalue weighted by Gasteiger charge is -2.22. The first-order valence-electron chi connectivity index (χ1n) is 21.6. The van der Waals surface area contributed by atoms with Gasteiger partial charge in [0, 0.05) is 94.6 Å². The van der Waals surface area contributed by atoms with Gasteiger partial charge in [0.05, 0.1) is 37.8 Å². The molecule has 356 valence electrons. The van der Waals surface area contributed by atoms with Crippen molar-refractivity contribution in [1.82, 2.24) is 19.9 Å². The molecule has 2 aromatic carbocycles. The zero-order valence-corrected chi connectivity index (χ0v) is 38.2. The van der Waals surface area contributed by atoms with Crippen LogP contribution in [0.3, 0.4) is 0 Å².